The second-order valence-corrected chi connectivity index (χ2v) is 6.39. The molecule has 0 unspecified atom stereocenters. The van der Waals surface area contributed by atoms with Crippen LogP contribution >= 0.6 is 0 Å². The minimum absolute atomic E-state index is 0.225. The van der Waals surface area contributed by atoms with E-state index >= 15 is 0 Å². The first-order chi connectivity index (χ1) is 9.74. The Morgan fingerprint density at radius 2 is 2.10 bits per heavy atom. The second-order valence-electron chi connectivity index (χ2n) is 6.39. The monoisotopic (exact) mass is 275 g/mol. The van der Waals surface area contributed by atoms with E-state index in [1.807, 2.05) is 6.20 Å². The molecule has 4 nitrogen and oxygen atoms in total. The van der Waals surface area contributed by atoms with Gasteiger partial charge in [0.25, 0.3) is 0 Å². The van der Waals surface area contributed by atoms with Gasteiger partial charge in [0.2, 0.25) is 5.91 Å². The van der Waals surface area contributed by atoms with Crippen LogP contribution in [0.25, 0.3) is 0 Å². The standard InChI is InChI=1S/C16H25N3O/c1-12-11-18-16(14-6-7-14)19(12)9-8-17-15(20)10-13-4-2-3-5-13/h11,13-14H,2-10H2,1H3,(H,17,20). The van der Waals surface area contributed by atoms with Gasteiger partial charge in [-0.1, -0.05) is 12.8 Å². The summed E-state index contributed by atoms with van der Waals surface area (Å²) in [4.78, 5) is 16.4. The number of carbonyl (C=O) groups excluding carboxylic acids is 1. The van der Waals surface area contributed by atoms with Gasteiger partial charge in [-0.15, -0.1) is 0 Å². The van der Waals surface area contributed by atoms with Gasteiger partial charge in [0.15, 0.2) is 0 Å². The molecule has 1 N–H and O–H groups in total. The van der Waals surface area contributed by atoms with E-state index in [0.29, 0.717) is 11.8 Å². The third-order valence-electron chi connectivity index (χ3n) is 4.63. The molecule has 4 heteroatoms. The summed E-state index contributed by atoms with van der Waals surface area (Å²) in [7, 11) is 0. The highest BCUT2D eigenvalue weighted by atomic mass is 16.1. The Kier molecular flexibility index (Phi) is 4.08. The molecule has 2 aliphatic rings. The Bertz CT molecular complexity index is 470. The topological polar surface area (TPSA) is 46.9 Å². The van der Waals surface area contributed by atoms with E-state index in [1.54, 1.807) is 0 Å². The normalized spacial score (nSPS) is 19.4. The highest BCUT2D eigenvalue weighted by molar-refractivity contribution is 5.76. The Balaban J connectivity index is 1.45. The predicted octanol–water partition coefficient (Wildman–Crippen LogP) is 2.77. The lowest BCUT2D eigenvalue weighted by Gasteiger charge is -2.12. The molecule has 0 aromatic carbocycles. The smallest absolute Gasteiger partial charge is 0.220 e. The molecular formula is C16H25N3O. The van der Waals surface area contributed by atoms with Gasteiger partial charge in [-0.25, -0.2) is 4.98 Å². The van der Waals surface area contributed by atoms with E-state index < -0.39 is 0 Å². The number of aromatic nitrogens is 2. The van der Waals surface area contributed by atoms with Crippen molar-refractivity contribution in [2.45, 2.75) is 64.3 Å². The lowest BCUT2D eigenvalue weighted by Crippen LogP contribution is -2.29. The Labute approximate surface area is 121 Å². The molecule has 3 rings (SSSR count). The van der Waals surface area contributed by atoms with Gasteiger partial charge >= 0.3 is 0 Å². The molecule has 2 saturated carbocycles. The minimum Gasteiger partial charge on any atom is -0.354 e. The van der Waals surface area contributed by atoms with Crippen LogP contribution in [0.2, 0.25) is 0 Å². The van der Waals surface area contributed by atoms with Crippen molar-refractivity contribution in [3.8, 4) is 0 Å². The minimum atomic E-state index is 0.225. The number of hydrogen-bond acceptors (Lipinski definition) is 2. The lowest BCUT2D eigenvalue weighted by atomic mass is 10.0. The largest absolute Gasteiger partial charge is 0.354 e. The molecule has 0 spiro atoms. The first-order valence-electron chi connectivity index (χ1n) is 8.03. The quantitative estimate of drug-likeness (QED) is 0.867. The molecule has 1 aromatic rings. The third kappa shape index (κ3) is 3.22. The summed E-state index contributed by atoms with van der Waals surface area (Å²) in [6.45, 7) is 3.68. The molecular weight excluding hydrogens is 250 g/mol. The number of nitrogens with one attached hydrogen (secondary N) is 1. The van der Waals surface area contributed by atoms with Gasteiger partial charge in [0.05, 0.1) is 0 Å². The summed E-state index contributed by atoms with van der Waals surface area (Å²) in [6, 6.07) is 0. The van der Waals surface area contributed by atoms with Crippen molar-refractivity contribution in [1.29, 1.82) is 0 Å². The number of aryl methyl sites for hydroxylation is 1. The molecule has 1 aromatic heterocycles. The Hall–Kier alpha value is -1.32. The fourth-order valence-electron chi connectivity index (χ4n) is 3.29. The fourth-order valence-corrected chi connectivity index (χ4v) is 3.29. The fraction of sp³-hybridized carbons (Fsp3) is 0.750. The molecule has 0 bridgehead atoms. The molecule has 2 aliphatic carbocycles. The molecule has 0 radical (unpaired) electrons. The van der Waals surface area contributed by atoms with Gasteiger partial charge in [-0.2, -0.15) is 0 Å². The van der Waals surface area contributed by atoms with E-state index in [1.165, 1.54) is 50.0 Å². The third-order valence-corrected chi connectivity index (χ3v) is 4.63. The summed E-state index contributed by atoms with van der Waals surface area (Å²) in [5, 5.41) is 3.07. The van der Waals surface area contributed by atoms with Crippen LogP contribution in [0.4, 0.5) is 0 Å². The summed E-state index contributed by atoms with van der Waals surface area (Å²) >= 11 is 0. The van der Waals surface area contributed by atoms with Crippen LogP contribution in [0.5, 0.6) is 0 Å². The summed E-state index contributed by atoms with van der Waals surface area (Å²) in [5.41, 5.74) is 1.21. The van der Waals surface area contributed by atoms with Crippen molar-refractivity contribution in [2.75, 3.05) is 6.54 Å². The number of amides is 1. The number of rotatable bonds is 6. The van der Waals surface area contributed by atoms with Crippen LogP contribution in [0.3, 0.4) is 0 Å². The van der Waals surface area contributed by atoms with Crippen molar-refractivity contribution in [3.05, 3.63) is 17.7 Å². The zero-order valence-electron chi connectivity index (χ0n) is 12.4. The van der Waals surface area contributed by atoms with Gasteiger partial charge in [0.1, 0.15) is 5.82 Å². The highest BCUT2D eigenvalue weighted by Crippen LogP contribution is 2.39. The number of hydrogen-bond donors (Lipinski definition) is 1. The van der Waals surface area contributed by atoms with Crippen LogP contribution < -0.4 is 5.32 Å². The van der Waals surface area contributed by atoms with Crippen molar-refractivity contribution >= 4 is 5.91 Å². The van der Waals surface area contributed by atoms with Crippen LogP contribution in [0.15, 0.2) is 6.20 Å². The molecule has 110 valence electrons. The maximum absolute atomic E-state index is 11.9. The van der Waals surface area contributed by atoms with Crippen molar-refractivity contribution < 1.29 is 4.79 Å². The molecule has 1 heterocycles. The first kappa shape index (κ1) is 13.7. The maximum Gasteiger partial charge on any atom is 0.220 e. The van der Waals surface area contributed by atoms with Gasteiger partial charge < -0.3 is 9.88 Å². The van der Waals surface area contributed by atoms with Crippen molar-refractivity contribution in [1.82, 2.24) is 14.9 Å². The molecule has 0 aliphatic heterocycles. The number of imidazole rings is 1. The summed E-state index contributed by atoms with van der Waals surface area (Å²) < 4.78 is 2.27. The van der Waals surface area contributed by atoms with E-state index in [9.17, 15) is 4.79 Å². The lowest BCUT2D eigenvalue weighted by molar-refractivity contribution is -0.122. The Morgan fingerprint density at radius 1 is 1.35 bits per heavy atom. The van der Waals surface area contributed by atoms with Crippen LogP contribution in [0, 0.1) is 12.8 Å². The summed E-state index contributed by atoms with van der Waals surface area (Å²) in [5.74, 6) is 2.74. The number of carbonyl (C=O) groups is 1. The molecule has 2 fully saturated rings. The van der Waals surface area contributed by atoms with E-state index in [0.717, 1.165) is 19.5 Å². The van der Waals surface area contributed by atoms with E-state index in [2.05, 4.69) is 21.8 Å². The number of nitrogens with zero attached hydrogens (tertiary/aromatic N) is 2. The zero-order chi connectivity index (χ0) is 13.9. The highest BCUT2D eigenvalue weighted by Gasteiger charge is 2.28. The maximum atomic E-state index is 11.9. The summed E-state index contributed by atoms with van der Waals surface area (Å²) in [6.07, 6.45) is 10.3. The van der Waals surface area contributed by atoms with Crippen LogP contribution in [0.1, 0.15) is 62.4 Å². The van der Waals surface area contributed by atoms with Gasteiger partial charge in [-0.3, -0.25) is 4.79 Å². The van der Waals surface area contributed by atoms with Gasteiger partial charge in [0, 0.05) is 37.3 Å². The molecule has 0 atom stereocenters. The SMILES string of the molecule is Cc1cnc(C2CC2)n1CCNC(=O)CC1CCCC1. The van der Waals surface area contributed by atoms with Gasteiger partial charge in [-0.05, 0) is 38.5 Å². The molecule has 1 amide bonds. The average Bonchev–Trinajstić information content (AvgIpc) is 3.02. The average molecular weight is 275 g/mol. The van der Waals surface area contributed by atoms with E-state index in [-0.39, 0.29) is 5.91 Å². The van der Waals surface area contributed by atoms with Crippen LogP contribution in [-0.4, -0.2) is 22.0 Å². The zero-order valence-corrected chi connectivity index (χ0v) is 12.4. The first-order valence-corrected chi connectivity index (χ1v) is 8.03. The molecule has 20 heavy (non-hydrogen) atoms. The van der Waals surface area contributed by atoms with Crippen molar-refractivity contribution in [3.63, 3.8) is 0 Å². The second kappa shape index (κ2) is 5.98. The van der Waals surface area contributed by atoms with Crippen LogP contribution in [-0.2, 0) is 11.3 Å². The predicted molar refractivity (Wildman–Crippen MR) is 78.5 cm³/mol. The van der Waals surface area contributed by atoms with Crippen molar-refractivity contribution in [2.24, 2.45) is 5.92 Å². The molecule has 0 saturated heterocycles. The van der Waals surface area contributed by atoms with E-state index in [4.69, 9.17) is 0 Å². The Morgan fingerprint density at radius 3 is 2.80 bits per heavy atom.